The number of aryl methyl sites for hydroxylation is 1. The lowest BCUT2D eigenvalue weighted by Crippen LogP contribution is -2.43. The van der Waals surface area contributed by atoms with Crippen molar-refractivity contribution < 1.29 is 14.7 Å². The van der Waals surface area contributed by atoms with E-state index in [0.717, 1.165) is 0 Å². The lowest BCUT2D eigenvalue weighted by atomic mass is 10.0. The second-order valence-electron chi connectivity index (χ2n) is 6.28. The highest BCUT2D eigenvalue weighted by Crippen LogP contribution is 2.20. The molecule has 0 saturated carbocycles. The number of aliphatic carboxylic acids is 1. The maximum absolute atomic E-state index is 12.8. The fourth-order valence-electron chi connectivity index (χ4n) is 2.75. The Bertz CT molecular complexity index is 812. The van der Waals surface area contributed by atoms with Crippen LogP contribution in [0.25, 0.3) is 0 Å². The van der Waals surface area contributed by atoms with Gasteiger partial charge < -0.3 is 15.0 Å². The second kappa shape index (κ2) is 7.79. The van der Waals surface area contributed by atoms with Crippen LogP contribution >= 0.6 is 0 Å². The number of carboxylic acids is 1. The van der Waals surface area contributed by atoms with Crippen LogP contribution < -0.4 is 10.9 Å². The van der Waals surface area contributed by atoms with Crippen LogP contribution in [0.1, 0.15) is 37.1 Å². The third-order valence-corrected chi connectivity index (χ3v) is 4.03. The lowest BCUT2D eigenvalue weighted by molar-refractivity contribution is -0.142. The van der Waals surface area contributed by atoms with Crippen molar-refractivity contribution in [2.45, 2.75) is 32.9 Å². The number of carboxylic acid groups (broad SMARTS) is 1. The van der Waals surface area contributed by atoms with Gasteiger partial charge in [-0.2, -0.15) is 0 Å². The summed E-state index contributed by atoms with van der Waals surface area (Å²) < 4.78 is 1.36. The maximum atomic E-state index is 12.8. The fraction of sp³-hybridized carbons (Fsp3) is 0.316. The number of amides is 1. The first kappa shape index (κ1) is 18.4. The number of hydrogen-bond donors (Lipinski definition) is 2. The van der Waals surface area contributed by atoms with Crippen molar-refractivity contribution in [1.29, 1.82) is 0 Å². The third kappa shape index (κ3) is 4.15. The van der Waals surface area contributed by atoms with E-state index in [1.165, 1.54) is 4.57 Å². The maximum Gasteiger partial charge on any atom is 0.330 e. The van der Waals surface area contributed by atoms with E-state index in [2.05, 4.69) is 5.32 Å². The van der Waals surface area contributed by atoms with Crippen LogP contribution in [0, 0.1) is 12.8 Å². The zero-order chi connectivity index (χ0) is 18.6. The molecule has 0 aliphatic rings. The standard InChI is InChI=1S/C19H22N2O4/c1-12(2)16(21-11-7-8-13(3)18(21)23)17(22)20-15(19(24)25)14-9-5-4-6-10-14/h4-12,15-16H,1-3H3,(H,20,22)(H,24,25). The zero-order valence-electron chi connectivity index (χ0n) is 14.5. The van der Waals surface area contributed by atoms with Crippen LogP contribution in [0.15, 0.2) is 53.5 Å². The molecule has 2 rings (SSSR count). The molecule has 132 valence electrons. The Morgan fingerprint density at radius 2 is 1.72 bits per heavy atom. The Morgan fingerprint density at radius 1 is 1.08 bits per heavy atom. The van der Waals surface area contributed by atoms with E-state index in [1.807, 2.05) is 13.8 Å². The normalized spacial score (nSPS) is 13.3. The zero-order valence-corrected chi connectivity index (χ0v) is 14.5. The molecule has 1 aromatic heterocycles. The molecule has 0 aliphatic carbocycles. The molecule has 1 amide bonds. The number of nitrogens with one attached hydrogen (secondary N) is 1. The summed E-state index contributed by atoms with van der Waals surface area (Å²) in [6.45, 7) is 5.31. The van der Waals surface area contributed by atoms with Gasteiger partial charge in [0.1, 0.15) is 6.04 Å². The van der Waals surface area contributed by atoms with E-state index in [4.69, 9.17) is 0 Å². The highest BCUT2D eigenvalue weighted by molar-refractivity contribution is 5.87. The third-order valence-electron chi connectivity index (χ3n) is 4.03. The molecule has 2 atom stereocenters. The minimum Gasteiger partial charge on any atom is -0.479 e. The van der Waals surface area contributed by atoms with Crippen molar-refractivity contribution in [3.05, 3.63) is 70.1 Å². The largest absolute Gasteiger partial charge is 0.479 e. The van der Waals surface area contributed by atoms with Crippen LogP contribution in [0.2, 0.25) is 0 Å². The highest BCUT2D eigenvalue weighted by atomic mass is 16.4. The minimum absolute atomic E-state index is 0.190. The molecule has 0 spiro atoms. The average Bonchev–Trinajstić information content (AvgIpc) is 2.57. The molecule has 25 heavy (non-hydrogen) atoms. The van der Waals surface area contributed by atoms with Gasteiger partial charge in [0, 0.05) is 11.8 Å². The first-order valence-electron chi connectivity index (χ1n) is 8.08. The van der Waals surface area contributed by atoms with Crippen LogP contribution in [0.5, 0.6) is 0 Å². The Morgan fingerprint density at radius 3 is 2.28 bits per heavy atom. The summed E-state index contributed by atoms with van der Waals surface area (Å²) in [6.07, 6.45) is 1.55. The average molecular weight is 342 g/mol. The van der Waals surface area contributed by atoms with Crippen molar-refractivity contribution >= 4 is 11.9 Å². The summed E-state index contributed by atoms with van der Waals surface area (Å²) in [7, 11) is 0. The molecule has 6 heteroatoms. The van der Waals surface area contributed by atoms with E-state index in [9.17, 15) is 19.5 Å². The molecular weight excluding hydrogens is 320 g/mol. The van der Waals surface area contributed by atoms with Crippen molar-refractivity contribution in [2.75, 3.05) is 0 Å². The van der Waals surface area contributed by atoms with Gasteiger partial charge in [-0.05, 0) is 24.5 Å². The van der Waals surface area contributed by atoms with Gasteiger partial charge in [-0.25, -0.2) is 4.79 Å². The Balaban J connectivity index is 2.36. The first-order valence-corrected chi connectivity index (χ1v) is 8.08. The van der Waals surface area contributed by atoms with Gasteiger partial charge in [0.25, 0.3) is 5.56 Å². The van der Waals surface area contributed by atoms with Crippen LogP contribution in [-0.4, -0.2) is 21.6 Å². The fourth-order valence-corrected chi connectivity index (χ4v) is 2.75. The Kier molecular flexibility index (Phi) is 5.75. The summed E-state index contributed by atoms with van der Waals surface area (Å²) in [5.41, 5.74) is 0.740. The van der Waals surface area contributed by atoms with Crippen molar-refractivity contribution in [1.82, 2.24) is 9.88 Å². The van der Waals surface area contributed by atoms with Gasteiger partial charge >= 0.3 is 5.97 Å². The number of aromatic nitrogens is 1. The van der Waals surface area contributed by atoms with Crippen LogP contribution in [-0.2, 0) is 9.59 Å². The van der Waals surface area contributed by atoms with E-state index in [-0.39, 0.29) is 11.5 Å². The number of hydrogen-bond acceptors (Lipinski definition) is 3. The second-order valence-corrected chi connectivity index (χ2v) is 6.28. The predicted molar refractivity (Wildman–Crippen MR) is 94.3 cm³/mol. The van der Waals surface area contributed by atoms with Gasteiger partial charge in [-0.1, -0.05) is 50.2 Å². The summed E-state index contributed by atoms with van der Waals surface area (Å²) >= 11 is 0. The molecule has 0 saturated heterocycles. The number of carbonyl (C=O) groups excluding carboxylic acids is 1. The van der Waals surface area contributed by atoms with Crippen molar-refractivity contribution in [2.24, 2.45) is 5.92 Å². The molecule has 0 radical (unpaired) electrons. The van der Waals surface area contributed by atoms with Gasteiger partial charge in [-0.15, -0.1) is 0 Å². The summed E-state index contributed by atoms with van der Waals surface area (Å²) in [6, 6.07) is 9.89. The van der Waals surface area contributed by atoms with Crippen LogP contribution in [0.3, 0.4) is 0 Å². The number of pyridine rings is 1. The number of benzene rings is 1. The lowest BCUT2D eigenvalue weighted by Gasteiger charge is -2.25. The Hall–Kier alpha value is -2.89. The molecule has 2 N–H and O–H groups in total. The monoisotopic (exact) mass is 342 g/mol. The van der Waals surface area contributed by atoms with Gasteiger partial charge in [0.05, 0.1) is 0 Å². The molecular formula is C19H22N2O4. The van der Waals surface area contributed by atoms with Gasteiger partial charge in [-0.3, -0.25) is 9.59 Å². The molecule has 2 aromatic rings. The Labute approximate surface area is 146 Å². The van der Waals surface area contributed by atoms with Crippen LogP contribution in [0.4, 0.5) is 0 Å². The summed E-state index contributed by atoms with van der Waals surface area (Å²) in [5.74, 6) is -1.85. The summed E-state index contributed by atoms with van der Waals surface area (Å²) in [5, 5.41) is 12.0. The SMILES string of the molecule is Cc1cccn(C(C(=O)NC(C(=O)O)c2ccccc2)C(C)C)c1=O. The highest BCUT2D eigenvalue weighted by Gasteiger charge is 2.30. The number of rotatable bonds is 6. The van der Waals surface area contributed by atoms with Crippen molar-refractivity contribution in [3.63, 3.8) is 0 Å². The van der Waals surface area contributed by atoms with Crippen molar-refractivity contribution in [3.8, 4) is 0 Å². The van der Waals surface area contributed by atoms with E-state index in [1.54, 1.807) is 55.6 Å². The molecule has 0 aliphatic heterocycles. The molecule has 0 fully saturated rings. The smallest absolute Gasteiger partial charge is 0.330 e. The minimum atomic E-state index is -1.17. The van der Waals surface area contributed by atoms with E-state index in [0.29, 0.717) is 11.1 Å². The molecule has 0 bridgehead atoms. The molecule has 1 heterocycles. The number of carbonyl (C=O) groups is 2. The molecule has 6 nitrogen and oxygen atoms in total. The van der Waals surface area contributed by atoms with Gasteiger partial charge in [0.2, 0.25) is 5.91 Å². The number of nitrogens with zero attached hydrogens (tertiary/aromatic N) is 1. The molecule has 2 unspecified atom stereocenters. The van der Waals surface area contributed by atoms with E-state index >= 15 is 0 Å². The molecule has 1 aromatic carbocycles. The van der Waals surface area contributed by atoms with E-state index < -0.39 is 24.0 Å². The predicted octanol–water partition coefficient (Wildman–Crippen LogP) is 2.30. The first-order chi connectivity index (χ1) is 11.8. The summed E-state index contributed by atoms with van der Waals surface area (Å²) in [4.78, 5) is 36.8. The topological polar surface area (TPSA) is 88.4 Å². The van der Waals surface area contributed by atoms with Gasteiger partial charge in [0.15, 0.2) is 6.04 Å². The quantitative estimate of drug-likeness (QED) is 0.843.